The second kappa shape index (κ2) is 9.05. The third-order valence-corrected chi connectivity index (χ3v) is 4.64. The van der Waals surface area contributed by atoms with E-state index in [1.807, 2.05) is 44.2 Å². The summed E-state index contributed by atoms with van der Waals surface area (Å²) in [6, 6.07) is 13.0. The lowest BCUT2D eigenvalue weighted by Gasteiger charge is -2.11. The fourth-order valence-electron chi connectivity index (χ4n) is 2.82. The van der Waals surface area contributed by atoms with Crippen LogP contribution in [0.15, 0.2) is 48.7 Å². The molecule has 0 aliphatic heterocycles. The summed E-state index contributed by atoms with van der Waals surface area (Å²) in [5.74, 6) is 1.34. The van der Waals surface area contributed by atoms with Crippen LogP contribution >= 0.6 is 0 Å². The molecule has 2 aromatic carbocycles. The predicted molar refractivity (Wildman–Crippen MR) is 112 cm³/mol. The maximum atomic E-state index is 12.5. The van der Waals surface area contributed by atoms with E-state index in [9.17, 15) is 4.79 Å². The van der Waals surface area contributed by atoms with Crippen LogP contribution in [0.3, 0.4) is 0 Å². The van der Waals surface area contributed by atoms with Crippen LogP contribution in [0.25, 0.3) is 0 Å². The molecule has 29 heavy (non-hydrogen) atoms. The van der Waals surface area contributed by atoms with Gasteiger partial charge in [-0.3, -0.25) is 4.79 Å². The van der Waals surface area contributed by atoms with E-state index in [0.717, 1.165) is 16.8 Å². The second-order valence-electron chi connectivity index (χ2n) is 6.51. The van der Waals surface area contributed by atoms with E-state index >= 15 is 0 Å². The molecule has 0 spiro atoms. The lowest BCUT2D eigenvalue weighted by Crippen LogP contribution is -2.24. The molecular weight excluding hydrogens is 368 g/mol. The van der Waals surface area contributed by atoms with E-state index in [-0.39, 0.29) is 11.6 Å². The van der Waals surface area contributed by atoms with Crippen molar-refractivity contribution in [2.45, 2.75) is 20.4 Å². The topological polar surface area (TPSA) is 85.4 Å². The van der Waals surface area contributed by atoms with Gasteiger partial charge in [0.25, 0.3) is 5.91 Å². The van der Waals surface area contributed by atoms with E-state index in [1.54, 1.807) is 32.5 Å². The number of amides is 1. The SMILES string of the molecule is COc1ccc(CNC(=O)c2ccnc(Nc3cccc(C)c3C)n2)cc1OC. The summed E-state index contributed by atoms with van der Waals surface area (Å²) in [7, 11) is 3.16. The Kier molecular flexibility index (Phi) is 6.29. The van der Waals surface area contributed by atoms with Crippen molar-refractivity contribution in [1.82, 2.24) is 15.3 Å². The minimum atomic E-state index is -0.286. The minimum Gasteiger partial charge on any atom is -0.493 e. The summed E-state index contributed by atoms with van der Waals surface area (Å²) in [6.07, 6.45) is 1.56. The molecule has 0 bridgehead atoms. The average molecular weight is 392 g/mol. The minimum absolute atomic E-state index is 0.285. The fourth-order valence-corrected chi connectivity index (χ4v) is 2.82. The van der Waals surface area contributed by atoms with E-state index in [4.69, 9.17) is 9.47 Å². The number of methoxy groups -OCH3 is 2. The first kappa shape index (κ1) is 20.1. The van der Waals surface area contributed by atoms with E-state index < -0.39 is 0 Å². The van der Waals surface area contributed by atoms with E-state index in [1.165, 1.54) is 5.56 Å². The predicted octanol–water partition coefficient (Wildman–Crippen LogP) is 3.78. The molecule has 0 saturated carbocycles. The molecule has 150 valence electrons. The number of rotatable bonds is 7. The Morgan fingerprint density at radius 3 is 2.59 bits per heavy atom. The number of ether oxygens (including phenoxy) is 2. The summed E-state index contributed by atoms with van der Waals surface area (Å²) >= 11 is 0. The monoisotopic (exact) mass is 392 g/mol. The Morgan fingerprint density at radius 1 is 1.03 bits per heavy atom. The molecule has 0 aliphatic carbocycles. The highest BCUT2D eigenvalue weighted by Crippen LogP contribution is 2.27. The Bertz CT molecular complexity index is 1020. The van der Waals surface area contributed by atoms with Crippen molar-refractivity contribution in [2.24, 2.45) is 0 Å². The first-order chi connectivity index (χ1) is 14.0. The lowest BCUT2D eigenvalue weighted by atomic mass is 10.1. The number of nitrogens with one attached hydrogen (secondary N) is 2. The zero-order valence-electron chi connectivity index (χ0n) is 16.9. The number of hydrogen-bond acceptors (Lipinski definition) is 6. The van der Waals surface area contributed by atoms with Crippen LogP contribution in [-0.4, -0.2) is 30.1 Å². The largest absolute Gasteiger partial charge is 0.493 e. The average Bonchev–Trinajstić information content (AvgIpc) is 2.75. The maximum absolute atomic E-state index is 12.5. The lowest BCUT2D eigenvalue weighted by molar-refractivity contribution is 0.0946. The molecule has 1 amide bonds. The summed E-state index contributed by atoms with van der Waals surface area (Å²) in [5, 5.41) is 6.04. The molecule has 0 fully saturated rings. The second-order valence-corrected chi connectivity index (χ2v) is 6.51. The number of benzene rings is 2. The number of carbonyl (C=O) groups is 1. The molecule has 0 unspecified atom stereocenters. The Labute approximate surface area is 170 Å². The third kappa shape index (κ3) is 4.82. The van der Waals surface area contributed by atoms with Crippen molar-refractivity contribution in [1.29, 1.82) is 0 Å². The van der Waals surface area contributed by atoms with Crippen molar-refractivity contribution in [3.63, 3.8) is 0 Å². The van der Waals surface area contributed by atoms with Crippen LogP contribution in [0.5, 0.6) is 11.5 Å². The normalized spacial score (nSPS) is 10.3. The Balaban J connectivity index is 1.69. The van der Waals surface area contributed by atoms with Crippen molar-refractivity contribution in [2.75, 3.05) is 19.5 Å². The Hall–Kier alpha value is -3.61. The van der Waals surface area contributed by atoms with Gasteiger partial charge in [0, 0.05) is 18.4 Å². The Morgan fingerprint density at radius 2 is 1.83 bits per heavy atom. The number of hydrogen-bond donors (Lipinski definition) is 2. The summed E-state index contributed by atoms with van der Waals surface area (Å²) in [4.78, 5) is 21.1. The number of nitrogens with zero attached hydrogens (tertiary/aromatic N) is 2. The van der Waals surface area contributed by atoms with Crippen LogP contribution in [0.2, 0.25) is 0 Å². The zero-order chi connectivity index (χ0) is 20.8. The zero-order valence-corrected chi connectivity index (χ0v) is 16.9. The molecule has 3 aromatic rings. The molecule has 7 nitrogen and oxygen atoms in total. The molecule has 1 aromatic heterocycles. The maximum Gasteiger partial charge on any atom is 0.270 e. The highest BCUT2D eigenvalue weighted by atomic mass is 16.5. The van der Waals surface area contributed by atoms with Gasteiger partial charge in [0.1, 0.15) is 5.69 Å². The van der Waals surface area contributed by atoms with Gasteiger partial charge in [-0.05, 0) is 54.8 Å². The van der Waals surface area contributed by atoms with Crippen LogP contribution < -0.4 is 20.1 Å². The number of aromatic nitrogens is 2. The van der Waals surface area contributed by atoms with Gasteiger partial charge in [-0.15, -0.1) is 0 Å². The van der Waals surface area contributed by atoms with Crippen LogP contribution in [0.1, 0.15) is 27.2 Å². The molecule has 0 aliphatic rings. The summed E-state index contributed by atoms with van der Waals surface area (Å²) < 4.78 is 10.5. The molecule has 0 atom stereocenters. The van der Waals surface area contributed by atoms with Gasteiger partial charge in [0.2, 0.25) is 5.95 Å². The number of carbonyl (C=O) groups excluding carboxylic acids is 1. The number of aryl methyl sites for hydroxylation is 1. The highest BCUT2D eigenvalue weighted by Gasteiger charge is 2.11. The van der Waals surface area contributed by atoms with Gasteiger partial charge in [-0.25, -0.2) is 9.97 Å². The molecule has 2 N–H and O–H groups in total. The van der Waals surface area contributed by atoms with E-state index in [2.05, 4.69) is 20.6 Å². The summed E-state index contributed by atoms with van der Waals surface area (Å²) in [6.45, 7) is 4.40. The highest BCUT2D eigenvalue weighted by molar-refractivity contribution is 5.92. The van der Waals surface area contributed by atoms with Gasteiger partial charge >= 0.3 is 0 Å². The van der Waals surface area contributed by atoms with Crippen molar-refractivity contribution < 1.29 is 14.3 Å². The smallest absolute Gasteiger partial charge is 0.270 e. The van der Waals surface area contributed by atoms with Crippen molar-refractivity contribution >= 4 is 17.5 Å². The van der Waals surface area contributed by atoms with Crippen LogP contribution in [0, 0.1) is 13.8 Å². The van der Waals surface area contributed by atoms with Gasteiger partial charge < -0.3 is 20.1 Å². The quantitative estimate of drug-likeness (QED) is 0.636. The van der Waals surface area contributed by atoms with Crippen LogP contribution in [-0.2, 0) is 6.54 Å². The van der Waals surface area contributed by atoms with E-state index in [0.29, 0.717) is 24.0 Å². The van der Waals surface area contributed by atoms with Crippen molar-refractivity contribution in [3.05, 3.63) is 71.0 Å². The molecule has 0 radical (unpaired) electrons. The first-order valence-electron chi connectivity index (χ1n) is 9.17. The van der Waals surface area contributed by atoms with Gasteiger partial charge in [-0.1, -0.05) is 18.2 Å². The molecular formula is C22H24N4O3. The summed E-state index contributed by atoms with van der Waals surface area (Å²) in [5.41, 5.74) is 4.36. The molecule has 3 rings (SSSR count). The fraction of sp³-hybridized carbons (Fsp3) is 0.227. The number of anilines is 2. The van der Waals surface area contributed by atoms with Crippen molar-refractivity contribution in [3.8, 4) is 11.5 Å². The van der Waals surface area contributed by atoms with Gasteiger partial charge in [0.05, 0.1) is 14.2 Å². The molecule has 1 heterocycles. The van der Waals surface area contributed by atoms with Gasteiger partial charge in [0.15, 0.2) is 11.5 Å². The first-order valence-corrected chi connectivity index (χ1v) is 9.17. The van der Waals surface area contributed by atoms with Gasteiger partial charge in [-0.2, -0.15) is 0 Å². The molecule has 0 saturated heterocycles. The standard InChI is InChI=1S/C22H24N4O3/c1-14-6-5-7-17(15(14)2)25-22-23-11-10-18(26-22)21(27)24-13-16-8-9-19(28-3)20(12-16)29-4/h5-12H,13H2,1-4H3,(H,24,27)(H,23,25,26). The van der Waals surface area contributed by atoms with Crippen LogP contribution in [0.4, 0.5) is 11.6 Å². The molecule has 7 heteroatoms. The third-order valence-electron chi connectivity index (χ3n) is 4.64.